The maximum atomic E-state index is 13.3. The molecule has 3 aromatic rings. The summed E-state index contributed by atoms with van der Waals surface area (Å²) in [5.41, 5.74) is 3.54. The third kappa shape index (κ3) is 5.58. The van der Waals surface area contributed by atoms with Gasteiger partial charge in [-0.1, -0.05) is 65.7 Å². The van der Waals surface area contributed by atoms with Crippen LogP contribution in [0.4, 0.5) is 0 Å². The highest BCUT2D eigenvalue weighted by Gasteiger charge is 2.30. The zero-order chi connectivity index (χ0) is 23.4. The summed E-state index contributed by atoms with van der Waals surface area (Å²) in [6, 6.07) is 22.7. The van der Waals surface area contributed by atoms with E-state index in [1.54, 1.807) is 6.07 Å². The number of rotatable bonds is 7. The van der Waals surface area contributed by atoms with Gasteiger partial charge >= 0.3 is 0 Å². The molecule has 0 radical (unpaired) electrons. The van der Waals surface area contributed by atoms with E-state index in [0.717, 1.165) is 23.1 Å². The van der Waals surface area contributed by atoms with E-state index in [1.165, 1.54) is 0 Å². The molecule has 2 amide bonds. The van der Waals surface area contributed by atoms with E-state index < -0.39 is 0 Å². The second-order valence-corrected chi connectivity index (χ2v) is 9.34. The Labute approximate surface area is 204 Å². The van der Waals surface area contributed by atoms with Gasteiger partial charge in [-0.15, -0.1) is 0 Å². The lowest BCUT2D eigenvalue weighted by molar-refractivity contribution is -0.120. The molecule has 2 N–H and O–H groups in total. The van der Waals surface area contributed by atoms with Crippen LogP contribution in [0.1, 0.15) is 52.2 Å². The number of hydrogen-bond acceptors (Lipinski definition) is 2. The third-order valence-electron chi connectivity index (χ3n) is 6.26. The maximum Gasteiger partial charge on any atom is 0.251 e. The molecule has 0 bridgehead atoms. The summed E-state index contributed by atoms with van der Waals surface area (Å²) in [5.74, 6) is -0.462. The molecule has 1 saturated heterocycles. The van der Waals surface area contributed by atoms with Gasteiger partial charge in [0, 0.05) is 34.1 Å². The molecule has 1 heterocycles. The highest BCUT2D eigenvalue weighted by Crippen LogP contribution is 2.29. The second kappa shape index (κ2) is 10.4. The molecule has 170 valence electrons. The summed E-state index contributed by atoms with van der Waals surface area (Å²) in [6.07, 6.45) is 1.43. The van der Waals surface area contributed by atoms with Crippen LogP contribution in [-0.4, -0.2) is 24.4 Å². The Balaban J connectivity index is 1.58. The standard InChI is InChI=1S/C27H26Cl2N2O2/c1-17(31-27(33)23-5-3-2-4-22(23)24-14-15-30-26(24)32)25(19-8-12-21(29)13-9-19)16-18-6-10-20(28)11-7-18/h2-13,17,24-25H,14-16H2,1H3,(H,30,32)(H,31,33). The lowest BCUT2D eigenvalue weighted by Gasteiger charge is -2.26. The quantitative estimate of drug-likeness (QED) is 0.452. The fourth-order valence-electron chi connectivity index (χ4n) is 4.45. The maximum absolute atomic E-state index is 13.3. The minimum Gasteiger partial charge on any atom is -0.356 e. The molecule has 0 aliphatic carbocycles. The molecule has 6 heteroatoms. The summed E-state index contributed by atoms with van der Waals surface area (Å²) in [4.78, 5) is 25.6. The Morgan fingerprint density at radius 2 is 1.64 bits per heavy atom. The zero-order valence-corrected chi connectivity index (χ0v) is 19.9. The number of halogens is 2. The number of benzene rings is 3. The predicted octanol–water partition coefficient (Wildman–Crippen LogP) is 5.74. The van der Waals surface area contributed by atoms with Gasteiger partial charge in [-0.25, -0.2) is 0 Å². The van der Waals surface area contributed by atoms with Crippen molar-refractivity contribution < 1.29 is 9.59 Å². The highest BCUT2D eigenvalue weighted by molar-refractivity contribution is 6.30. The number of carbonyl (C=O) groups excluding carboxylic acids is 2. The Morgan fingerprint density at radius 1 is 1.00 bits per heavy atom. The van der Waals surface area contributed by atoms with E-state index in [4.69, 9.17) is 23.2 Å². The minimum atomic E-state index is -0.289. The Hall–Kier alpha value is -2.82. The lowest BCUT2D eigenvalue weighted by Crippen LogP contribution is -2.38. The summed E-state index contributed by atoms with van der Waals surface area (Å²) in [5, 5.41) is 7.41. The topological polar surface area (TPSA) is 58.2 Å². The Morgan fingerprint density at radius 3 is 2.27 bits per heavy atom. The van der Waals surface area contributed by atoms with Crippen LogP contribution in [0, 0.1) is 0 Å². The van der Waals surface area contributed by atoms with Gasteiger partial charge in [0.25, 0.3) is 5.91 Å². The average Bonchev–Trinajstić information content (AvgIpc) is 3.25. The molecule has 3 atom stereocenters. The van der Waals surface area contributed by atoms with E-state index in [2.05, 4.69) is 10.6 Å². The number of hydrogen-bond donors (Lipinski definition) is 2. The van der Waals surface area contributed by atoms with Gasteiger partial charge in [0.2, 0.25) is 5.91 Å². The van der Waals surface area contributed by atoms with Crippen molar-refractivity contribution in [3.63, 3.8) is 0 Å². The molecular formula is C27H26Cl2N2O2. The van der Waals surface area contributed by atoms with Gasteiger partial charge in [0.15, 0.2) is 0 Å². The molecule has 1 aliphatic heterocycles. The van der Waals surface area contributed by atoms with Crippen molar-refractivity contribution in [2.75, 3.05) is 6.54 Å². The van der Waals surface area contributed by atoms with Crippen LogP contribution in [0.15, 0.2) is 72.8 Å². The first kappa shape index (κ1) is 23.3. The van der Waals surface area contributed by atoms with Crippen molar-refractivity contribution >= 4 is 35.0 Å². The van der Waals surface area contributed by atoms with Crippen LogP contribution >= 0.6 is 23.2 Å². The van der Waals surface area contributed by atoms with Gasteiger partial charge in [-0.2, -0.15) is 0 Å². The Kier molecular flexibility index (Phi) is 7.36. The largest absolute Gasteiger partial charge is 0.356 e. The number of nitrogens with one attached hydrogen (secondary N) is 2. The van der Waals surface area contributed by atoms with Crippen molar-refractivity contribution in [3.05, 3.63) is 105 Å². The minimum absolute atomic E-state index is 0.0225. The lowest BCUT2D eigenvalue weighted by atomic mass is 9.86. The molecule has 0 aromatic heterocycles. The summed E-state index contributed by atoms with van der Waals surface area (Å²) < 4.78 is 0. The first-order valence-corrected chi connectivity index (χ1v) is 11.9. The summed E-state index contributed by atoms with van der Waals surface area (Å²) in [6.45, 7) is 2.65. The first-order valence-electron chi connectivity index (χ1n) is 11.1. The normalized spacial score (nSPS) is 17.3. The van der Waals surface area contributed by atoms with Crippen LogP contribution in [0.2, 0.25) is 10.0 Å². The van der Waals surface area contributed by atoms with Crippen molar-refractivity contribution in [3.8, 4) is 0 Å². The molecule has 33 heavy (non-hydrogen) atoms. The summed E-state index contributed by atoms with van der Waals surface area (Å²) >= 11 is 12.2. The Bertz CT molecular complexity index is 1130. The van der Waals surface area contributed by atoms with Crippen LogP contribution in [0.5, 0.6) is 0 Å². The summed E-state index contributed by atoms with van der Waals surface area (Å²) in [7, 11) is 0. The van der Waals surface area contributed by atoms with E-state index in [9.17, 15) is 9.59 Å². The van der Waals surface area contributed by atoms with E-state index in [-0.39, 0.29) is 29.7 Å². The molecule has 0 spiro atoms. The molecule has 4 nitrogen and oxygen atoms in total. The smallest absolute Gasteiger partial charge is 0.251 e. The number of carbonyl (C=O) groups is 2. The van der Waals surface area contributed by atoms with Crippen molar-refractivity contribution in [1.29, 1.82) is 0 Å². The SMILES string of the molecule is CC(NC(=O)c1ccccc1C1CCNC1=O)C(Cc1ccc(Cl)cc1)c1ccc(Cl)cc1. The van der Waals surface area contributed by atoms with Crippen LogP contribution in [-0.2, 0) is 11.2 Å². The van der Waals surface area contributed by atoms with Gasteiger partial charge in [-0.05, 0) is 66.8 Å². The monoisotopic (exact) mass is 480 g/mol. The average molecular weight is 481 g/mol. The highest BCUT2D eigenvalue weighted by atomic mass is 35.5. The van der Waals surface area contributed by atoms with Crippen LogP contribution in [0.3, 0.4) is 0 Å². The number of amides is 2. The first-order chi connectivity index (χ1) is 15.9. The van der Waals surface area contributed by atoms with Crippen molar-refractivity contribution in [2.24, 2.45) is 0 Å². The van der Waals surface area contributed by atoms with Crippen LogP contribution < -0.4 is 10.6 Å². The van der Waals surface area contributed by atoms with Gasteiger partial charge in [-0.3, -0.25) is 9.59 Å². The van der Waals surface area contributed by atoms with Gasteiger partial charge < -0.3 is 10.6 Å². The van der Waals surface area contributed by atoms with Crippen molar-refractivity contribution in [2.45, 2.75) is 37.6 Å². The van der Waals surface area contributed by atoms with Crippen molar-refractivity contribution in [1.82, 2.24) is 10.6 Å². The zero-order valence-electron chi connectivity index (χ0n) is 18.4. The third-order valence-corrected chi connectivity index (χ3v) is 6.76. The molecular weight excluding hydrogens is 455 g/mol. The van der Waals surface area contributed by atoms with Crippen LogP contribution in [0.25, 0.3) is 0 Å². The molecule has 1 fully saturated rings. The molecule has 3 aromatic carbocycles. The fraction of sp³-hybridized carbons (Fsp3) is 0.259. The molecule has 1 aliphatic rings. The predicted molar refractivity (Wildman–Crippen MR) is 133 cm³/mol. The second-order valence-electron chi connectivity index (χ2n) is 8.47. The molecule has 0 saturated carbocycles. The molecule has 4 rings (SSSR count). The fourth-order valence-corrected chi connectivity index (χ4v) is 4.70. The van der Waals surface area contributed by atoms with E-state index in [0.29, 0.717) is 28.6 Å². The van der Waals surface area contributed by atoms with Gasteiger partial charge in [0.05, 0.1) is 5.92 Å². The van der Waals surface area contributed by atoms with Gasteiger partial charge in [0.1, 0.15) is 0 Å². The molecule has 3 unspecified atom stereocenters. The van der Waals surface area contributed by atoms with E-state index >= 15 is 0 Å². The van der Waals surface area contributed by atoms with E-state index in [1.807, 2.05) is 73.7 Å².